The Balaban J connectivity index is 2.27. The van der Waals surface area contributed by atoms with E-state index in [0.717, 1.165) is 12.1 Å². The summed E-state index contributed by atoms with van der Waals surface area (Å²) in [7, 11) is 0. The number of nitrogens with zero attached hydrogens (tertiary/aromatic N) is 2. The van der Waals surface area contributed by atoms with Crippen LogP contribution in [0.1, 0.15) is 43.7 Å². The number of rotatable bonds is 3. The Morgan fingerprint density at radius 2 is 2.29 bits per heavy atom. The Kier molecular flexibility index (Phi) is 4.49. The number of aryl methyl sites for hydroxylation is 1. The van der Waals surface area contributed by atoms with Crippen molar-refractivity contribution in [3.8, 4) is 0 Å². The summed E-state index contributed by atoms with van der Waals surface area (Å²) in [6.07, 6.45) is 0.776. The standard InChI is InChI=1S/C15H24N4O2/c1-5-12-6-11(7-13(17-12)18-16)14(20)19-8-10(2)21-15(3,4)9-19/h6-7,10H,5,8-9,16H2,1-4H3,(H,17,18). The average Bonchev–Trinajstić information content (AvgIpc) is 2.43. The molecule has 0 bridgehead atoms. The Morgan fingerprint density at radius 1 is 1.57 bits per heavy atom. The van der Waals surface area contributed by atoms with Crippen molar-refractivity contribution in [2.45, 2.75) is 45.8 Å². The molecule has 3 N–H and O–H groups in total. The summed E-state index contributed by atoms with van der Waals surface area (Å²) in [6, 6.07) is 3.52. The van der Waals surface area contributed by atoms with Crippen LogP contribution in [0.25, 0.3) is 0 Å². The van der Waals surface area contributed by atoms with Crippen LogP contribution in [0.15, 0.2) is 12.1 Å². The molecule has 116 valence electrons. The minimum absolute atomic E-state index is 0.00757. The topological polar surface area (TPSA) is 80.5 Å². The lowest BCUT2D eigenvalue weighted by Crippen LogP contribution is -2.53. The number of aromatic nitrogens is 1. The molecule has 1 atom stereocenters. The number of nitrogens with two attached hydrogens (primary N) is 1. The highest BCUT2D eigenvalue weighted by molar-refractivity contribution is 5.95. The number of anilines is 1. The summed E-state index contributed by atoms with van der Waals surface area (Å²) in [5, 5.41) is 0. The van der Waals surface area contributed by atoms with Crippen molar-refractivity contribution in [2.75, 3.05) is 18.5 Å². The Bertz CT molecular complexity index is 508. The normalized spacial score (nSPS) is 21.2. The molecular formula is C15H24N4O2. The Hall–Kier alpha value is -1.66. The number of carbonyl (C=O) groups excluding carboxylic acids is 1. The van der Waals surface area contributed by atoms with E-state index in [1.54, 1.807) is 6.07 Å². The second-order valence-electron chi connectivity index (χ2n) is 6.10. The van der Waals surface area contributed by atoms with Crippen LogP contribution in [-0.2, 0) is 11.2 Å². The van der Waals surface area contributed by atoms with Crippen LogP contribution in [-0.4, -0.2) is 40.6 Å². The number of hydrogen-bond acceptors (Lipinski definition) is 5. The molecule has 1 unspecified atom stereocenters. The van der Waals surface area contributed by atoms with Crippen LogP contribution < -0.4 is 11.3 Å². The molecule has 6 nitrogen and oxygen atoms in total. The SMILES string of the molecule is CCc1cc(C(=O)N2CC(C)OC(C)(C)C2)cc(NN)n1. The van der Waals surface area contributed by atoms with Gasteiger partial charge in [-0.25, -0.2) is 10.8 Å². The van der Waals surface area contributed by atoms with Crippen molar-refractivity contribution < 1.29 is 9.53 Å². The quantitative estimate of drug-likeness (QED) is 0.653. The van der Waals surface area contributed by atoms with Gasteiger partial charge in [-0.2, -0.15) is 0 Å². The van der Waals surface area contributed by atoms with Gasteiger partial charge in [0, 0.05) is 24.3 Å². The van der Waals surface area contributed by atoms with Gasteiger partial charge < -0.3 is 15.1 Å². The molecule has 1 aromatic heterocycles. The van der Waals surface area contributed by atoms with Crippen LogP contribution in [0.4, 0.5) is 5.82 Å². The van der Waals surface area contributed by atoms with E-state index in [9.17, 15) is 4.79 Å². The maximum Gasteiger partial charge on any atom is 0.254 e. The van der Waals surface area contributed by atoms with Crippen LogP contribution in [0.2, 0.25) is 0 Å². The van der Waals surface area contributed by atoms with Gasteiger partial charge in [0.25, 0.3) is 5.91 Å². The highest BCUT2D eigenvalue weighted by Crippen LogP contribution is 2.23. The van der Waals surface area contributed by atoms with E-state index in [-0.39, 0.29) is 17.6 Å². The molecule has 1 aliphatic heterocycles. The maximum atomic E-state index is 12.7. The van der Waals surface area contributed by atoms with Gasteiger partial charge in [-0.1, -0.05) is 6.92 Å². The molecule has 2 heterocycles. The molecule has 21 heavy (non-hydrogen) atoms. The molecule has 6 heteroatoms. The van der Waals surface area contributed by atoms with Gasteiger partial charge in [-0.05, 0) is 39.3 Å². The molecule has 0 spiro atoms. The number of amides is 1. The van der Waals surface area contributed by atoms with Crippen molar-refractivity contribution in [3.05, 3.63) is 23.4 Å². The minimum Gasteiger partial charge on any atom is -0.369 e. The first-order valence-electron chi connectivity index (χ1n) is 7.29. The zero-order valence-corrected chi connectivity index (χ0v) is 13.1. The van der Waals surface area contributed by atoms with E-state index < -0.39 is 0 Å². The summed E-state index contributed by atoms with van der Waals surface area (Å²) in [6.45, 7) is 9.15. The number of morpholine rings is 1. The van der Waals surface area contributed by atoms with Gasteiger partial charge in [0.05, 0.1) is 11.7 Å². The monoisotopic (exact) mass is 292 g/mol. The van der Waals surface area contributed by atoms with Crippen LogP contribution in [0, 0.1) is 0 Å². The highest BCUT2D eigenvalue weighted by atomic mass is 16.5. The van der Waals surface area contributed by atoms with Crippen molar-refractivity contribution in [1.29, 1.82) is 0 Å². The van der Waals surface area contributed by atoms with E-state index in [2.05, 4.69) is 10.4 Å². The third-order valence-corrected chi connectivity index (χ3v) is 3.49. The van der Waals surface area contributed by atoms with Crippen LogP contribution in [0.3, 0.4) is 0 Å². The Labute approximate surface area is 125 Å². The van der Waals surface area contributed by atoms with Crippen molar-refractivity contribution >= 4 is 11.7 Å². The molecule has 1 aliphatic rings. The zero-order chi connectivity index (χ0) is 15.6. The molecular weight excluding hydrogens is 268 g/mol. The first kappa shape index (κ1) is 15.7. The first-order valence-corrected chi connectivity index (χ1v) is 7.29. The van der Waals surface area contributed by atoms with E-state index in [1.807, 2.05) is 38.7 Å². The fourth-order valence-electron chi connectivity index (χ4n) is 2.76. The number of pyridine rings is 1. The lowest BCUT2D eigenvalue weighted by atomic mass is 10.0. The molecule has 1 aromatic rings. The van der Waals surface area contributed by atoms with E-state index in [0.29, 0.717) is 24.5 Å². The third kappa shape index (κ3) is 3.71. The smallest absolute Gasteiger partial charge is 0.254 e. The first-order chi connectivity index (χ1) is 9.84. The second-order valence-corrected chi connectivity index (χ2v) is 6.10. The number of hydrazine groups is 1. The molecule has 1 amide bonds. The fraction of sp³-hybridized carbons (Fsp3) is 0.600. The maximum absolute atomic E-state index is 12.7. The van der Waals surface area contributed by atoms with Gasteiger partial charge in [0.1, 0.15) is 5.82 Å². The van der Waals surface area contributed by atoms with Gasteiger partial charge in [0.15, 0.2) is 0 Å². The number of nitrogen functional groups attached to an aromatic ring is 1. The van der Waals surface area contributed by atoms with Crippen molar-refractivity contribution in [2.24, 2.45) is 5.84 Å². The van der Waals surface area contributed by atoms with Crippen molar-refractivity contribution in [1.82, 2.24) is 9.88 Å². The van der Waals surface area contributed by atoms with E-state index in [4.69, 9.17) is 10.6 Å². The summed E-state index contributed by atoms with van der Waals surface area (Å²) in [5.41, 5.74) is 3.64. The molecule has 1 saturated heterocycles. The Morgan fingerprint density at radius 3 is 2.86 bits per heavy atom. The highest BCUT2D eigenvalue weighted by Gasteiger charge is 2.34. The molecule has 0 saturated carbocycles. The second kappa shape index (κ2) is 5.99. The number of carbonyl (C=O) groups is 1. The zero-order valence-electron chi connectivity index (χ0n) is 13.1. The summed E-state index contributed by atoms with van der Waals surface area (Å²) in [5.74, 6) is 5.93. The predicted molar refractivity (Wildman–Crippen MR) is 82.0 cm³/mol. The fourth-order valence-corrected chi connectivity index (χ4v) is 2.76. The largest absolute Gasteiger partial charge is 0.369 e. The molecule has 0 aromatic carbocycles. The van der Waals surface area contributed by atoms with Gasteiger partial charge in [0.2, 0.25) is 0 Å². The van der Waals surface area contributed by atoms with Crippen LogP contribution in [0.5, 0.6) is 0 Å². The lowest BCUT2D eigenvalue weighted by Gasteiger charge is -2.41. The minimum atomic E-state index is -0.330. The number of hydrogen-bond donors (Lipinski definition) is 2. The molecule has 1 fully saturated rings. The van der Waals surface area contributed by atoms with Crippen molar-refractivity contribution in [3.63, 3.8) is 0 Å². The summed E-state index contributed by atoms with van der Waals surface area (Å²) < 4.78 is 5.84. The molecule has 0 aliphatic carbocycles. The van der Waals surface area contributed by atoms with E-state index in [1.165, 1.54) is 0 Å². The summed E-state index contributed by atoms with van der Waals surface area (Å²) >= 11 is 0. The molecule has 0 radical (unpaired) electrons. The predicted octanol–water partition coefficient (Wildman–Crippen LogP) is 1.57. The number of ether oxygens (including phenoxy) is 1. The number of nitrogens with one attached hydrogen (secondary N) is 1. The van der Waals surface area contributed by atoms with Gasteiger partial charge in [-0.3, -0.25) is 4.79 Å². The van der Waals surface area contributed by atoms with Crippen LogP contribution >= 0.6 is 0 Å². The molecule has 2 rings (SSSR count). The van der Waals surface area contributed by atoms with Gasteiger partial charge in [-0.15, -0.1) is 0 Å². The lowest BCUT2D eigenvalue weighted by molar-refractivity contribution is -0.118. The van der Waals surface area contributed by atoms with Gasteiger partial charge >= 0.3 is 0 Å². The summed E-state index contributed by atoms with van der Waals surface area (Å²) in [4.78, 5) is 18.9. The third-order valence-electron chi connectivity index (χ3n) is 3.49. The average molecular weight is 292 g/mol. The van der Waals surface area contributed by atoms with E-state index >= 15 is 0 Å².